The molecule has 0 saturated carbocycles. The van der Waals surface area contributed by atoms with Crippen LogP contribution in [-0.2, 0) is 0 Å². The normalized spacial score (nSPS) is 10.5. The van der Waals surface area contributed by atoms with Crippen LogP contribution >= 0.6 is 0 Å². The van der Waals surface area contributed by atoms with Crippen molar-refractivity contribution in [3.63, 3.8) is 0 Å². The molecule has 0 unspecified atom stereocenters. The highest BCUT2D eigenvalue weighted by molar-refractivity contribution is 4.44. The third kappa shape index (κ3) is 2.99. The van der Waals surface area contributed by atoms with E-state index in [1.807, 2.05) is 11.8 Å². The Hall–Kier alpha value is -0.0800. The van der Waals surface area contributed by atoms with Gasteiger partial charge in [0.05, 0.1) is 6.73 Å². The van der Waals surface area contributed by atoms with E-state index in [2.05, 4.69) is 6.92 Å². The van der Waals surface area contributed by atoms with Gasteiger partial charge in [-0.15, -0.1) is 0 Å². The lowest BCUT2D eigenvalue weighted by Crippen LogP contribution is -2.24. The molecule has 8 heavy (non-hydrogen) atoms. The quantitative estimate of drug-likeness (QED) is 0.547. The van der Waals surface area contributed by atoms with Gasteiger partial charge in [0.15, 0.2) is 0 Å². The van der Waals surface area contributed by atoms with Gasteiger partial charge in [0.25, 0.3) is 0 Å². The number of hydrogen-bond acceptors (Lipinski definition) is 2. The maximum Gasteiger partial charge on any atom is 0.0956 e. The summed E-state index contributed by atoms with van der Waals surface area (Å²) in [6.07, 6.45) is 1.12. The minimum atomic E-state index is 0.199. The van der Waals surface area contributed by atoms with Crippen LogP contribution in [0.25, 0.3) is 0 Å². The van der Waals surface area contributed by atoms with Crippen molar-refractivity contribution in [3.8, 4) is 0 Å². The molecule has 0 bridgehead atoms. The third-order valence-electron chi connectivity index (χ3n) is 1.19. The fourth-order valence-electron chi connectivity index (χ4n) is 0.645. The minimum Gasteiger partial charge on any atom is -0.381 e. The maximum absolute atomic E-state index is 8.58. The first-order valence-electron chi connectivity index (χ1n) is 3.18. The molecule has 50 valence electrons. The van der Waals surface area contributed by atoms with E-state index >= 15 is 0 Å². The first kappa shape index (κ1) is 7.92. The van der Waals surface area contributed by atoms with E-state index < -0.39 is 0 Å². The van der Waals surface area contributed by atoms with E-state index in [-0.39, 0.29) is 6.73 Å². The van der Waals surface area contributed by atoms with E-state index in [1.165, 1.54) is 0 Å². The monoisotopic (exact) mass is 117 g/mol. The molecule has 0 radical (unpaired) electrons. The lowest BCUT2D eigenvalue weighted by Gasteiger charge is -2.14. The zero-order valence-corrected chi connectivity index (χ0v) is 5.72. The zero-order valence-electron chi connectivity index (χ0n) is 5.72. The van der Waals surface area contributed by atoms with Gasteiger partial charge >= 0.3 is 0 Å². The molecule has 2 nitrogen and oxygen atoms in total. The molecule has 0 spiro atoms. The van der Waals surface area contributed by atoms with Gasteiger partial charge in [0.1, 0.15) is 0 Å². The average molecular weight is 117 g/mol. The van der Waals surface area contributed by atoms with Gasteiger partial charge in [-0.25, -0.2) is 0 Å². The van der Waals surface area contributed by atoms with Crippen molar-refractivity contribution in [2.24, 2.45) is 0 Å². The second-order valence-corrected chi connectivity index (χ2v) is 1.85. The van der Waals surface area contributed by atoms with Crippen molar-refractivity contribution >= 4 is 0 Å². The number of aliphatic hydroxyl groups excluding tert-OH is 1. The predicted molar refractivity (Wildman–Crippen MR) is 34.6 cm³/mol. The van der Waals surface area contributed by atoms with Crippen LogP contribution < -0.4 is 0 Å². The highest BCUT2D eigenvalue weighted by atomic mass is 16.3. The summed E-state index contributed by atoms with van der Waals surface area (Å²) < 4.78 is 0. The summed E-state index contributed by atoms with van der Waals surface area (Å²) in [5.41, 5.74) is 0. The van der Waals surface area contributed by atoms with E-state index in [1.54, 1.807) is 0 Å². The molecule has 0 aromatic carbocycles. The largest absolute Gasteiger partial charge is 0.381 e. The summed E-state index contributed by atoms with van der Waals surface area (Å²) in [7, 11) is 0. The Kier molecular flexibility index (Phi) is 5.01. The van der Waals surface area contributed by atoms with Gasteiger partial charge in [-0.2, -0.15) is 0 Å². The number of hydrogen-bond donors (Lipinski definition) is 1. The summed E-state index contributed by atoms with van der Waals surface area (Å²) in [6.45, 7) is 6.31. The van der Waals surface area contributed by atoms with Crippen molar-refractivity contribution in [2.45, 2.75) is 20.3 Å². The van der Waals surface area contributed by atoms with Crippen LogP contribution in [0.5, 0.6) is 0 Å². The van der Waals surface area contributed by atoms with Crippen LogP contribution in [0.2, 0.25) is 0 Å². The van der Waals surface area contributed by atoms with Crippen molar-refractivity contribution in [3.05, 3.63) is 0 Å². The Balaban J connectivity index is 3.07. The number of aliphatic hydroxyl groups is 1. The molecule has 0 aliphatic carbocycles. The molecule has 0 atom stereocenters. The molecule has 0 aliphatic rings. The van der Waals surface area contributed by atoms with Crippen molar-refractivity contribution in [1.29, 1.82) is 0 Å². The van der Waals surface area contributed by atoms with Crippen molar-refractivity contribution in [2.75, 3.05) is 19.8 Å². The van der Waals surface area contributed by atoms with E-state index in [0.717, 1.165) is 19.5 Å². The third-order valence-corrected chi connectivity index (χ3v) is 1.19. The number of nitrogens with zero attached hydrogens (tertiary/aromatic N) is 1. The molecule has 0 saturated heterocycles. The molecule has 1 N–H and O–H groups in total. The maximum atomic E-state index is 8.58. The lowest BCUT2D eigenvalue weighted by molar-refractivity contribution is 0.113. The minimum absolute atomic E-state index is 0.199. The summed E-state index contributed by atoms with van der Waals surface area (Å²) in [6, 6.07) is 0. The summed E-state index contributed by atoms with van der Waals surface area (Å²) >= 11 is 0. The molecule has 0 rings (SSSR count). The van der Waals surface area contributed by atoms with Crippen LogP contribution in [-0.4, -0.2) is 29.8 Å². The highest BCUT2D eigenvalue weighted by Crippen LogP contribution is 1.86. The number of rotatable bonds is 4. The van der Waals surface area contributed by atoms with Gasteiger partial charge < -0.3 is 5.11 Å². The SMILES string of the molecule is CCCN(CC)CO. The van der Waals surface area contributed by atoms with Crippen molar-refractivity contribution in [1.82, 2.24) is 4.90 Å². The fourth-order valence-corrected chi connectivity index (χ4v) is 0.645. The van der Waals surface area contributed by atoms with Crippen LogP contribution in [0.1, 0.15) is 20.3 Å². The van der Waals surface area contributed by atoms with Gasteiger partial charge in [0.2, 0.25) is 0 Å². The molecular formula is C6H15NO. The Labute approximate surface area is 51.1 Å². The lowest BCUT2D eigenvalue weighted by atomic mass is 10.4. The Morgan fingerprint density at radius 2 is 2.00 bits per heavy atom. The molecule has 2 heteroatoms. The van der Waals surface area contributed by atoms with E-state index in [4.69, 9.17) is 5.11 Å². The highest BCUT2D eigenvalue weighted by Gasteiger charge is 1.93. The fraction of sp³-hybridized carbons (Fsp3) is 1.00. The Morgan fingerprint density at radius 1 is 1.38 bits per heavy atom. The van der Waals surface area contributed by atoms with Gasteiger partial charge in [-0.1, -0.05) is 13.8 Å². The summed E-state index contributed by atoms with van der Waals surface area (Å²) in [5.74, 6) is 0. The van der Waals surface area contributed by atoms with Crippen LogP contribution in [0, 0.1) is 0 Å². The van der Waals surface area contributed by atoms with Crippen LogP contribution in [0.4, 0.5) is 0 Å². The summed E-state index contributed by atoms with van der Waals surface area (Å²) in [5, 5.41) is 8.58. The van der Waals surface area contributed by atoms with Crippen LogP contribution in [0.15, 0.2) is 0 Å². The first-order valence-corrected chi connectivity index (χ1v) is 3.18. The second-order valence-electron chi connectivity index (χ2n) is 1.85. The molecule has 0 aliphatic heterocycles. The molecule has 0 amide bonds. The Morgan fingerprint density at radius 3 is 2.12 bits per heavy atom. The smallest absolute Gasteiger partial charge is 0.0956 e. The molecule has 0 fully saturated rings. The zero-order chi connectivity index (χ0) is 6.41. The van der Waals surface area contributed by atoms with E-state index in [0.29, 0.717) is 0 Å². The standard InChI is InChI=1S/C6H15NO/c1-3-5-7(4-2)6-8/h8H,3-6H2,1-2H3. The second kappa shape index (κ2) is 5.06. The van der Waals surface area contributed by atoms with Crippen molar-refractivity contribution < 1.29 is 5.11 Å². The topological polar surface area (TPSA) is 23.5 Å². The Bertz CT molecular complexity index is 43.8. The van der Waals surface area contributed by atoms with Gasteiger partial charge in [0, 0.05) is 6.54 Å². The van der Waals surface area contributed by atoms with E-state index in [9.17, 15) is 0 Å². The van der Waals surface area contributed by atoms with Gasteiger partial charge in [-0.3, -0.25) is 4.90 Å². The molecule has 0 aromatic heterocycles. The van der Waals surface area contributed by atoms with Gasteiger partial charge in [-0.05, 0) is 13.0 Å². The summed E-state index contributed by atoms with van der Waals surface area (Å²) in [4.78, 5) is 1.99. The average Bonchev–Trinajstić information content (AvgIpc) is 1.83. The predicted octanol–water partition coefficient (Wildman–Crippen LogP) is 0.668. The van der Waals surface area contributed by atoms with Crippen LogP contribution in [0.3, 0.4) is 0 Å². The molecular weight excluding hydrogens is 102 g/mol. The molecule has 0 aromatic rings. The first-order chi connectivity index (χ1) is 3.85. The molecule has 0 heterocycles.